The number of para-hydroxylation sites is 1. The summed E-state index contributed by atoms with van der Waals surface area (Å²) in [6, 6.07) is 12.4. The zero-order valence-corrected chi connectivity index (χ0v) is 15.1. The minimum Gasteiger partial charge on any atom is -0.457 e. The lowest BCUT2D eigenvalue weighted by Crippen LogP contribution is -2.50. The van der Waals surface area contributed by atoms with Gasteiger partial charge in [-0.2, -0.15) is 0 Å². The van der Waals surface area contributed by atoms with Gasteiger partial charge in [0.1, 0.15) is 11.3 Å². The number of nitrogens with zero attached hydrogens (tertiary/aromatic N) is 2. The molecule has 1 N–H and O–H groups in total. The van der Waals surface area contributed by atoms with E-state index in [0.29, 0.717) is 37.5 Å². The van der Waals surface area contributed by atoms with Gasteiger partial charge in [-0.3, -0.25) is 14.4 Å². The molecule has 0 saturated carbocycles. The van der Waals surface area contributed by atoms with Crippen molar-refractivity contribution in [3.63, 3.8) is 0 Å². The number of rotatable bonds is 3. The van der Waals surface area contributed by atoms with Crippen molar-refractivity contribution in [2.75, 3.05) is 26.2 Å². The van der Waals surface area contributed by atoms with E-state index in [0.717, 1.165) is 11.0 Å². The molecule has 0 aliphatic carbocycles. The van der Waals surface area contributed by atoms with E-state index in [-0.39, 0.29) is 17.4 Å². The number of carbonyl (C=O) groups is 2. The number of carbonyl (C=O) groups excluding carboxylic acids is 2. The van der Waals surface area contributed by atoms with Crippen LogP contribution < -0.4 is 5.56 Å². The van der Waals surface area contributed by atoms with E-state index >= 15 is 0 Å². The third-order valence-electron chi connectivity index (χ3n) is 4.74. The van der Waals surface area contributed by atoms with E-state index < -0.39 is 0 Å². The van der Waals surface area contributed by atoms with Crippen molar-refractivity contribution < 1.29 is 14.0 Å². The van der Waals surface area contributed by atoms with E-state index in [1.54, 1.807) is 15.9 Å². The van der Waals surface area contributed by atoms with Gasteiger partial charge in [-0.25, -0.2) is 0 Å². The molecule has 142 valence electrons. The smallest absolute Gasteiger partial charge is 0.255 e. The fourth-order valence-corrected chi connectivity index (χ4v) is 3.20. The Hall–Kier alpha value is -3.61. The molecule has 1 fully saturated rings. The van der Waals surface area contributed by atoms with Gasteiger partial charge in [-0.1, -0.05) is 18.2 Å². The quantitative estimate of drug-likeness (QED) is 0.709. The molecule has 3 heterocycles. The van der Waals surface area contributed by atoms with Crippen LogP contribution >= 0.6 is 0 Å². The van der Waals surface area contributed by atoms with Gasteiger partial charge in [0, 0.05) is 49.9 Å². The first-order valence-corrected chi connectivity index (χ1v) is 9.04. The van der Waals surface area contributed by atoms with Crippen molar-refractivity contribution in [3.8, 4) is 0 Å². The number of piperazine rings is 1. The Balaban J connectivity index is 1.35. The summed E-state index contributed by atoms with van der Waals surface area (Å²) < 4.78 is 5.68. The van der Waals surface area contributed by atoms with Gasteiger partial charge >= 0.3 is 0 Å². The van der Waals surface area contributed by atoms with Crippen molar-refractivity contribution >= 4 is 28.9 Å². The summed E-state index contributed by atoms with van der Waals surface area (Å²) in [4.78, 5) is 41.9. The number of nitrogens with one attached hydrogen (secondary N) is 1. The predicted molar refractivity (Wildman–Crippen MR) is 105 cm³/mol. The molecule has 0 bridgehead atoms. The molecule has 0 spiro atoms. The van der Waals surface area contributed by atoms with Crippen LogP contribution in [0.15, 0.2) is 63.9 Å². The minimum absolute atomic E-state index is 0.114. The first-order valence-electron chi connectivity index (χ1n) is 9.04. The first kappa shape index (κ1) is 17.8. The van der Waals surface area contributed by atoms with Crippen molar-refractivity contribution in [3.05, 3.63) is 76.4 Å². The highest BCUT2D eigenvalue weighted by atomic mass is 16.3. The lowest BCUT2D eigenvalue weighted by atomic mass is 10.2. The molecule has 4 rings (SSSR count). The maximum absolute atomic E-state index is 12.5. The molecule has 0 atom stereocenters. The molecule has 3 aromatic rings. The third kappa shape index (κ3) is 3.73. The maximum Gasteiger partial charge on any atom is 0.255 e. The van der Waals surface area contributed by atoms with E-state index in [9.17, 15) is 14.4 Å². The van der Waals surface area contributed by atoms with E-state index in [1.165, 1.54) is 24.4 Å². The molecule has 2 amide bonds. The molecule has 28 heavy (non-hydrogen) atoms. The normalized spacial score (nSPS) is 14.7. The van der Waals surface area contributed by atoms with Crippen LogP contribution in [0.25, 0.3) is 17.0 Å². The highest BCUT2D eigenvalue weighted by molar-refractivity contribution is 5.95. The van der Waals surface area contributed by atoms with Crippen molar-refractivity contribution in [2.45, 2.75) is 0 Å². The van der Waals surface area contributed by atoms with Crippen LogP contribution in [0.2, 0.25) is 0 Å². The number of fused-ring (bicyclic) bond motifs is 1. The second-order valence-corrected chi connectivity index (χ2v) is 6.58. The number of hydrogen-bond donors (Lipinski definition) is 1. The van der Waals surface area contributed by atoms with Crippen LogP contribution in [0.1, 0.15) is 16.1 Å². The monoisotopic (exact) mass is 377 g/mol. The molecule has 7 heteroatoms. The van der Waals surface area contributed by atoms with Crippen molar-refractivity contribution in [1.82, 2.24) is 14.8 Å². The Morgan fingerprint density at radius 3 is 2.46 bits per heavy atom. The Morgan fingerprint density at radius 1 is 1.00 bits per heavy atom. The molecular formula is C21H19N3O4. The first-order chi connectivity index (χ1) is 13.6. The number of hydrogen-bond acceptors (Lipinski definition) is 4. The molecule has 1 aliphatic rings. The summed E-state index contributed by atoms with van der Waals surface area (Å²) >= 11 is 0. The number of benzene rings is 1. The number of amides is 2. The number of H-pyrrole nitrogens is 1. The Bertz CT molecular complexity index is 1050. The van der Waals surface area contributed by atoms with Gasteiger partial charge in [0.25, 0.3) is 5.91 Å². The predicted octanol–water partition coefficient (Wildman–Crippen LogP) is 2.12. The van der Waals surface area contributed by atoms with Crippen molar-refractivity contribution in [2.24, 2.45) is 0 Å². The minimum atomic E-state index is -0.247. The molecule has 0 unspecified atom stereocenters. The highest BCUT2D eigenvalue weighted by Crippen LogP contribution is 2.19. The van der Waals surface area contributed by atoms with Gasteiger partial charge in [0.15, 0.2) is 0 Å². The summed E-state index contributed by atoms with van der Waals surface area (Å²) in [5, 5.41) is 0.990. The summed E-state index contributed by atoms with van der Waals surface area (Å²) in [6.45, 7) is 1.81. The molecule has 1 saturated heterocycles. The number of pyridine rings is 1. The highest BCUT2D eigenvalue weighted by Gasteiger charge is 2.24. The van der Waals surface area contributed by atoms with Crippen LogP contribution in [0.4, 0.5) is 0 Å². The maximum atomic E-state index is 12.5. The molecular weight excluding hydrogens is 358 g/mol. The van der Waals surface area contributed by atoms with Gasteiger partial charge in [-0.15, -0.1) is 0 Å². The van der Waals surface area contributed by atoms with Crippen molar-refractivity contribution in [1.29, 1.82) is 0 Å². The van der Waals surface area contributed by atoms with Gasteiger partial charge in [0.05, 0.1) is 5.56 Å². The largest absolute Gasteiger partial charge is 0.457 e. The Morgan fingerprint density at radius 2 is 1.75 bits per heavy atom. The summed E-state index contributed by atoms with van der Waals surface area (Å²) in [5.74, 6) is 0.360. The SMILES string of the molecule is O=C(/C=C/c1cc2ccccc2o1)N1CCN(C(=O)c2ccc(=O)[nH]c2)CC1. The number of furan rings is 1. The third-order valence-corrected chi connectivity index (χ3v) is 4.74. The summed E-state index contributed by atoms with van der Waals surface area (Å²) in [7, 11) is 0. The van der Waals surface area contributed by atoms with Gasteiger partial charge in [-0.05, 0) is 24.3 Å². The van der Waals surface area contributed by atoms with Crippen LogP contribution in [0.3, 0.4) is 0 Å². The zero-order valence-electron chi connectivity index (χ0n) is 15.1. The van der Waals surface area contributed by atoms with Crippen LogP contribution in [0, 0.1) is 0 Å². The summed E-state index contributed by atoms with van der Waals surface area (Å²) in [6.07, 6.45) is 4.58. The molecule has 0 radical (unpaired) electrons. The number of aromatic amines is 1. The molecule has 7 nitrogen and oxygen atoms in total. The fraction of sp³-hybridized carbons (Fsp3) is 0.190. The fourth-order valence-electron chi connectivity index (χ4n) is 3.20. The van der Waals surface area contributed by atoms with Crippen LogP contribution in [-0.4, -0.2) is 52.8 Å². The Kier molecular flexibility index (Phi) is 4.80. The van der Waals surface area contributed by atoms with E-state index in [1.807, 2.05) is 30.3 Å². The molecule has 1 aliphatic heterocycles. The van der Waals surface area contributed by atoms with Crippen LogP contribution in [0.5, 0.6) is 0 Å². The average molecular weight is 377 g/mol. The lowest BCUT2D eigenvalue weighted by molar-refractivity contribution is -0.127. The van der Waals surface area contributed by atoms with Crippen LogP contribution in [-0.2, 0) is 4.79 Å². The molecule has 2 aromatic heterocycles. The molecule has 1 aromatic carbocycles. The van der Waals surface area contributed by atoms with Gasteiger partial charge < -0.3 is 19.2 Å². The topological polar surface area (TPSA) is 86.6 Å². The van der Waals surface area contributed by atoms with E-state index in [4.69, 9.17) is 4.42 Å². The second kappa shape index (κ2) is 7.56. The van der Waals surface area contributed by atoms with E-state index in [2.05, 4.69) is 4.98 Å². The second-order valence-electron chi connectivity index (χ2n) is 6.58. The average Bonchev–Trinajstić information content (AvgIpc) is 3.15. The zero-order chi connectivity index (χ0) is 19.5. The number of aromatic nitrogens is 1. The summed E-state index contributed by atoms with van der Waals surface area (Å²) in [5.41, 5.74) is 0.969. The van der Waals surface area contributed by atoms with Gasteiger partial charge in [0.2, 0.25) is 11.5 Å². The standard InChI is InChI=1S/C21H19N3O4/c25-19-7-5-16(14-22-19)21(27)24-11-9-23(10-12-24)20(26)8-6-17-13-15-3-1-2-4-18(15)28-17/h1-8,13-14H,9-12H2,(H,22,25)/b8-6+. The lowest BCUT2D eigenvalue weighted by Gasteiger charge is -2.34. The Labute approximate surface area is 160 Å².